The average Bonchev–Trinajstić information content (AvgIpc) is 2.59. The van der Waals surface area contributed by atoms with Gasteiger partial charge in [-0.25, -0.2) is 9.59 Å². The molecule has 4 heteroatoms. The first-order valence-electron chi connectivity index (χ1n) is 9.65. The summed E-state index contributed by atoms with van der Waals surface area (Å²) in [6.07, 6.45) is 4.04. The highest BCUT2D eigenvalue weighted by Crippen LogP contribution is 2.38. The molecule has 0 atom stereocenters. The van der Waals surface area contributed by atoms with Gasteiger partial charge in [0.25, 0.3) is 0 Å². The number of ether oxygens (including phenoxy) is 2. The smallest absolute Gasteiger partial charge is 0.338 e. The van der Waals surface area contributed by atoms with Crippen molar-refractivity contribution in [3.8, 4) is 0 Å². The molecule has 0 aliphatic heterocycles. The van der Waals surface area contributed by atoms with Crippen molar-refractivity contribution < 1.29 is 19.1 Å². The van der Waals surface area contributed by atoms with Gasteiger partial charge in [0.05, 0.1) is 17.7 Å². The highest BCUT2D eigenvalue weighted by molar-refractivity contribution is 5.93. The van der Waals surface area contributed by atoms with Crippen LogP contribution < -0.4 is 0 Å². The molecule has 0 amide bonds. The summed E-state index contributed by atoms with van der Waals surface area (Å²) in [5.74, 6) is 0.306. The second-order valence-corrected chi connectivity index (χ2v) is 8.81. The van der Waals surface area contributed by atoms with Crippen LogP contribution in [0.1, 0.15) is 81.0 Å². The van der Waals surface area contributed by atoms with Crippen LogP contribution in [0.2, 0.25) is 0 Å². The molecular weight excluding hydrogens is 328 g/mol. The Morgan fingerprint density at radius 3 is 1.92 bits per heavy atom. The minimum absolute atomic E-state index is 0.00298. The standard InChI is InChI=1S/C22H32O4/c1-15(2)14-25-20(23)16-6-8-17(9-7-16)21(24)26-19-12-10-18(11-13-19)22(3,4)5/h6-9,15,18-19H,10-14H2,1-5H3. The maximum Gasteiger partial charge on any atom is 0.338 e. The van der Waals surface area contributed by atoms with Gasteiger partial charge in [-0.2, -0.15) is 0 Å². The number of rotatable bonds is 5. The zero-order chi connectivity index (χ0) is 19.3. The molecule has 26 heavy (non-hydrogen) atoms. The molecule has 1 aliphatic rings. The SMILES string of the molecule is CC(C)COC(=O)c1ccc(C(=O)OC2CCC(C(C)(C)C)CC2)cc1. The summed E-state index contributed by atoms with van der Waals surface area (Å²) in [5, 5.41) is 0. The topological polar surface area (TPSA) is 52.6 Å². The van der Waals surface area contributed by atoms with Gasteiger partial charge in [0.2, 0.25) is 0 Å². The molecule has 1 fully saturated rings. The molecule has 0 heterocycles. The van der Waals surface area contributed by atoms with Crippen LogP contribution in [0, 0.1) is 17.3 Å². The lowest BCUT2D eigenvalue weighted by Gasteiger charge is -2.36. The third-order valence-corrected chi connectivity index (χ3v) is 5.08. The van der Waals surface area contributed by atoms with E-state index in [1.165, 1.54) is 0 Å². The van der Waals surface area contributed by atoms with E-state index in [2.05, 4.69) is 20.8 Å². The Hall–Kier alpha value is -1.84. The Kier molecular flexibility index (Phi) is 6.85. The summed E-state index contributed by atoms with van der Waals surface area (Å²) in [5.41, 5.74) is 1.24. The van der Waals surface area contributed by atoms with E-state index >= 15 is 0 Å². The summed E-state index contributed by atoms with van der Waals surface area (Å²) in [6, 6.07) is 6.51. The molecule has 0 N–H and O–H groups in total. The van der Waals surface area contributed by atoms with Gasteiger partial charge in [-0.1, -0.05) is 34.6 Å². The van der Waals surface area contributed by atoms with Gasteiger partial charge in [-0.15, -0.1) is 0 Å². The van der Waals surface area contributed by atoms with Gasteiger partial charge in [-0.3, -0.25) is 0 Å². The molecule has 0 unspecified atom stereocenters. The van der Waals surface area contributed by atoms with Crippen LogP contribution in [0.15, 0.2) is 24.3 Å². The molecule has 1 aliphatic carbocycles. The predicted molar refractivity (Wildman–Crippen MR) is 102 cm³/mol. The first kappa shape index (κ1) is 20.5. The fourth-order valence-electron chi connectivity index (χ4n) is 3.33. The second kappa shape index (κ2) is 8.70. The van der Waals surface area contributed by atoms with E-state index in [9.17, 15) is 9.59 Å². The van der Waals surface area contributed by atoms with Crippen molar-refractivity contribution in [1.29, 1.82) is 0 Å². The van der Waals surface area contributed by atoms with Crippen LogP contribution in [0.5, 0.6) is 0 Å². The van der Waals surface area contributed by atoms with Crippen molar-refractivity contribution in [3.05, 3.63) is 35.4 Å². The first-order chi connectivity index (χ1) is 12.2. The maximum atomic E-state index is 12.3. The maximum absolute atomic E-state index is 12.3. The number of benzene rings is 1. The monoisotopic (exact) mass is 360 g/mol. The van der Waals surface area contributed by atoms with Crippen molar-refractivity contribution in [2.24, 2.45) is 17.3 Å². The van der Waals surface area contributed by atoms with Gasteiger partial charge in [0, 0.05) is 0 Å². The molecule has 0 bridgehead atoms. The number of hydrogen-bond acceptors (Lipinski definition) is 4. The lowest BCUT2D eigenvalue weighted by molar-refractivity contribution is 0.00924. The van der Waals surface area contributed by atoms with E-state index in [0.717, 1.165) is 25.7 Å². The molecule has 0 aromatic heterocycles. The van der Waals surface area contributed by atoms with Crippen molar-refractivity contribution in [3.63, 3.8) is 0 Å². The fraction of sp³-hybridized carbons (Fsp3) is 0.636. The molecular formula is C22H32O4. The van der Waals surface area contributed by atoms with E-state index in [4.69, 9.17) is 9.47 Å². The number of carbonyl (C=O) groups is 2. The molecule has 0 radical (unpaired) electrons. The van der Waals surface area contributed by atoms with Crippen LogP contribution in [0.4, 0.5) is 0 Å². The Balaban J connectivity index is 1.86. The Morgan fingerprint density at radius 2 is 1.46 bits per heavy atom. The van der Waals surface area contributed by atoms with E-state index in [-0.39, 0.29) is 18.0 Å². The Bertz CT molecular complexity index is 602. The third kappa shape index (κ3) is 5.86. The van der Waals surface area contributed by atoms with Gasteiger partial charge in [0.15, 0.2) is 0 Å². The fourth-order valence-corrected chi connectivity index (χ4v) is 3.33. The molecule has 1 saturated carbocycles. The molecule has 144 valence electrons. The lowest BCUT2D eigenvalue weighted by atomic mass is 9.72. The predicted octanol–water partition coefficient (Wildman–Crippen LogP) is 5.26. The lowest BCUT2D eigenvalue weighted by Crippen LogP contribution is -2.30. The van der Waals surface area contributed by atoms with E-state index in [1.807, 2.05) is 13.8 Å². The molecule has 4 nitrogen and oxygen atoms in total. The summed E-state index contributed by atoms with van der Waals surface area (Å²) in [4.78, 5) is 24.3. The van der Waals surface area contributed by atoms with Crippen molar-refractivity contribution >= 4 is 11.9 Å². The minimum atomic E-state index is -0.362. The zero-order valence-electron chi connectivity index (χ0n) is 16.7. The third-order valence-electron chi connectivity index (χ3n) is 5.08. The van der Waals surface area contributed by atoms with Crippen LogP contribution in [-0.2, 0) is 9.47 Å². The normalized spacial score (nSPS) is 20.7. The van der Waals surface area contributed by atoms with E-state index in [0.29, 0.717) is 35.0 Å². The second-order valence-electron chi connectivity index (χ2n) is 8.81. The average molecular weight is 360 g/mol. The van der Waals surface area contributed by atoms with Crippen molar-refractivity contribution in [2.75, 3.05) is 6.61 Å². The number of carbonyl (C=O) groups excluding carboxylic acids is 2. The summed E-state index contributed by atoms with van der Waals surface area (Å²) >= 11 is 0. The van der Waals surface area contributed by atoms with Gasteiger partial charge in [0.1, 0.15) is 6.10 Å². The number of esters is 2. The molecule has 1 aromatic carbocycles. The highest BCUT2D eigenvalue weighted by Gasteiger charge is 2.31. The molecule has 0 saturated heterocycles. The van der Waals surface area contributed by atoms with E-state index in [1.54, 1.807) is 24.3 Å². The largest absolute Gasteiger partial charge is 0.462 e. The molecule has 2 rings (SSSR count). The van der Waals surface area contributed by atoms with Crippen LogP contribution >= 0.6 is 0 Å². The summed E-state index contributed by atoms with van der Waals surface area (Å²) < 4.78 is 10.9. The minimum Gasteiger partial charge on any atom is -0.462 e. The molecule has 0 spiro atoms. The van der Waals surface area contributed by atoms with Crippen LogP contribution in [0.25, 0.3) is 0 Å². The summed E-state index contributed by atoms with van der Waals surface area (Å²) in [7, 11) is 0. The number of hydrogen-bond donors (Lipinski definition) is 0. The highest BCUT2D eigenvalue weighted by atomic mass is 16.5. The van der Waals surface area contributed by atoms with Gasteiger partial charge in [-0.05, 0) is 67.2 Å². The molecule has 1 aromatic rings. The van der Waals surface area contributed by atoms with Gasteiger partial charge < -0.3 is 9.47 Å². The Labute approximate surface area is 157 Å². The van der Waals surface area contributed by atoms with Crippen molar-refractivity contribution in [1.82, 2.24) is 0 Å². The van der Waals surface area contributed by atoms with E-state index < -0.39 is 0 Å². The summed E-state index contributed by atoms with van der Waals surface area (Å²) in [6.45, 7) is 11.2. The quantitative estimate of drug-likeness (QED) is 0.672. The van der Waals surface area contributed by atoms with Crippen LogP contribution in [-0.4, -0.2) is 24.6 Å². The Morgan fingerprint density at radius 1 is 0.962 bits per heavy atom. The first-order valence-corrected chi connectivity index (χ1v) is 9.65. The van der Waals surface area contributed by atoms with Gasteiger partial charge >= 0.3 is 11.9 Å². The van der Waals surface area contributed by atoms with Crippen LogP contribution in [0.3, 0.4) is 0 Å². The van der Waals surface area contributed by atoms with Crippen molar-refractivity contribution in [2.45, 2.75) is 66.4 Å². The zero-order valence-corrected chi connectivity index (χ0v) is 16.7.